The molecular formula is C9H17N3O4S. The van der Waals surface area contributed by atoms with Crippen molar-refractivity contribution in [3.63, 3.8) is 0 Å². The summed E-state index contributed by atoms with van der Waals surface area (Å²) in [4.78, 5) is 24.1. The number of likely N-dealkylation sites (tertiary alicyclic amines) is 1. The lowest BCUT2D eigenvalue weighted by atomic mass is 10.4. The zero-order chi connectivity index (χ0) is 13.1. The van der Waals surface area contributed by atoms with Crippen LogP contribution < -0.4 is 10.5 Å². The van der Waals surface area contributed by atoms with Gasteiger partial charge in [0.2, 0.25) is 21.8 Å². The van der Waals surface area contributed by atoms with E-state index in [9.17, 15) is 18.0 Å². The minimum Gasteiger partial charge on any atom is -0.355 e. The topological polar surface area (TPSA) is 110 Å². The van der Waals surface area contributed by atoms with Crippen LogP contribution in [0.4, 0.5) is 0 Å². The van der Waals surface area contributed by atoms with Crippen LogP contribution in [0.15, 0.2) is 0 Å². The maximum atomic E-state index is 11.5. The number of nitrogens with two attached hydrogens (primary N) is 1. The summed E-state index contributed by atoms with van der Waals surface area (Å²) >= 11 is 0. The molecule has 0 bridgehead atoms. The Bertz CT molecular complexity index is 406. The van der Waals surface area contributed by atoms with Gasteiger partial charge in [0.25, 0.3) is 0 Å². The van der Waals surface area contributed by atoms with Gasteiger partial charge in [0.15, 0.2) is 0 Å². The molecule has 98 valence electrons. The third-order valence-corrected chi connectivity index (χ3v) is 3.80. The molecular weight excluding hydrogens is 246 g/mol. The van der Waals surface area contributed by atoms with E-state index in [1.807, 2.05) is 6.92 Å². The molecule has 1 rings (SSSR count). The fourth-order valence-corrected chi connectivity index (χ4v) is 2.37. The highest BCUT2D eigenvalue weighted by molar-refractivity contribution is 7.89. The number of carbonyl (C=O) groups excluding carboxylic acids is 2. The lowest BCUT2D eigenvalue weighted by Gasteiger charge is -2.15. The minimum absolute atomic E-state index is 0.00277. The zero-order valence-electron chi connectivity index (χ0n) is 9.68. The van der Waals surface area contributed by atoms with E-state index in [0.717, 1.165) is 6.42 Å². The molecule has 7 nitrogen and oxygen atoms in total. The highest BCUT2D eigenvalue weighted by Crippen LogP contribution is 2.15. The molecule has 1 aliphatic heterocycles. The van der Waals surface area contributed by atoms with E-state index < -0.39 is 15.3 Å². The number of nitrogens with zero attached hydrogens (tertiary/aromatic N) is 1. The van der Waals surface area contributed by atoms with E-state index in [4.69, 9.17) is 5.14 Å². The van der Waals surface area contributed by atoms with Gasteiger partial charge in [-0.2, -0.15) is 0 Å². The van der Waals surface area contributed by atoms with E-state index in [0.29, 0.717) is 6.54 Å². The van der Waals surface area contributed by atoms with E-state index in [1.165, 1.54) is 4.90 Å². The number of nitrogens with one attached hydrogen (secondary N) is 1. The Morgan fingerprint density at radius 3 is 2.71 bits per heavy atom. The van der Waals surface area contributed by atoms with Crippen molar-refractivity contribution in [2.24, 2.45) is 5.14 Å². The van der Waals surface area contributed by atoms with Crippen molar-refractivity contribution in [3.8, 4) is 0 Å². The highest BCUT2D eigenvalue weighted by Gasteiger charge is 2.36. The van der Waals surface area contributed by atoms with Crippen LogP contribution in [0.1, 0.15) is 19.8 Å². The summed E-state index contributed by atoms with van der Waals surface area (Å²) in [5.74, 6) is -0.633. The molecule has 3 N–H and O–H groups in total. The van der Waals surface area contributed by atoms with Crippen LogP contribution in [0, 0.1) is 0 Å². The molecule has 8 heteroatoms. The molecule has 1 atom stereocenters. The lowest BCUT2D eigenvalue weighted by Crippen LogP contribution is -2.39. The molecule has 0 aliphatic carbocycles. The Morgan fingerprint density at radius 2 is 2.24 bits per heavy atom. The number of hydrogen-bond acceptors (Lipinski definition) is 4. The Kier molecular flexibility index (Phi) is 4.47. The molecule has 0 spiro atoms. The molecule has 0 aromatic rings. The Balaban J connectivity index is 2.52. The van der Waals surface area contributed by atoms with Crippen LogP contribution in [-0.2, 0) is 19.6 Å². The molecule has 1 saturated heterocycles. The van der Waals surface area contributed by atoms with Crippen molar-refractivity contribution >= 4 is 21.8 Å². The molecule has 2 amide bonds. The van der Waals surface area contributed by atoms with Gasteiger partial charge in [0.05, 0.1) is 6.54 Å². The third kappa shape index (κ3) is 3.97. The summed E-state index contributed by atoms with van der Waals surface area (Å²) < 4.78 is 22.2. The fourth-order valence-electron chi connectivity index (χ4n) is 1.60. The van der Waals surface area contributed by atoms with Gasteiger partial charge < -0.3 is 10.2 Å². The van der Waals surface area contributed by atoms with Crippen LogP contribution in [0.2, 0.25) is 0 Å². The third-order valence-electron chi connectivity index (χ3n) is 2.55. The molecule has 1 unspecified atom stereocenters. The van der Waals surface area contributed by atoms with Crippen LogP contribution in [0.3, 0.4) is 0 Å². The molecule has 0 aromatic heterocycles. The van der Waals surface area contributed by atoms with Crippen molar-refractivity contribution in [1.29, 1.82) is 0 Å². The average molecular weight is 263 g/mol. The van der Waals surface area contributed by atoms with E-state index >= 15 is 0 Å². The number of carbonyl (C=O) groups is 2. The van der Waals surface area contributed by atoms with Gasteiger partial charge >= 0.3 is 0 Å². The van der Waals surface area contributed by atoms with Crippen LogP contribution in [0.5, 0.6) is 0 Å². The Labute approximate surface area is 100 Å². The number of rotatable bonds is 5. The van der Waals surface area contributed by atoms with Crippen molar-refractivity contribution in [2.75, 3.05) is 19.6 Å². The SMILES string of the molecule is CCCNC(=O)CN1CC(S(N)(=O)=O)CC1=O. The predicted octanol–water partition coefficient (Wildman–Crippen LogP) is -1.60. The molecule has 0 saturated carbocycles. The number of sulfonamides is 1. The lowest BCUT2D eigenvalue weighted by molar-refractivity contribution is -0.133. The maximum absolute atomic E-state index is 11.5. The molecule has 0 radical (unpaired) electrons. The maximum Gasteiger partial charge on any atom is 0.239 e. The van der Waals surface area contributed by atoms with Crippen LogP contribution >= 0.6 is 0 Å². The monoisotopic (exact) mass is 263 g/mol. The van der Waals surface area contributed by atoms with Crippen molar-refractivity contribution < 1.29 is 18.0 Å². The zero-order valence-corrected chi connectivity index (χ0v) is 10.5. The summed E-state index contributed by atoms with van der Waals surface area (Å²) in [6, 6.07) is 0. The fraction of sp³-hybridized carbons (Fsp3) is 0.778. The average Bonchev–Trinajstić information content (AvgIpc) is 2.57. The molecule has 0 aromatic carbocycles. The minimum atomic E-state index is -3.72. The van der Waals surface area contributed by atoms with Crippen LogP contribution in [0.25, 0.3) is 0 Å². The summed E-state index contributed by atoms with van der Waals surface area (Å²) in [5.41, 5.74) is 0. The first-order valence-corrected chi connectivity index (χ1v) is 7.01. The van der Waals surface area contributed by atoms with Crippen molar-refractivity contribution in [1.82, 2.24) is 10.2 Å². The van der Waals surface area contributed by atoms with Gasteiger partial charge in [-0.05, 0) is 6.42 Å². The predicted molar refractivity (Wildman–Crippen MR) is 61.4 cm³/mol. The standard InChI is InChI=1S/C9H17N3O4S/c1-2-3-11-8(13)6-12-5-7(4-9(12)14)17(10,15)16/h7H,2-6H2,1H3,(H,11,13)(H2,10,15,16). The van der Waals surface area contributed by atoms with Gasteiger partial charge in [-0.1, -0.05) is 6.92 Å². The quantitative estimate of drug-likeness (QED) is 0.622. The summed E-state index contributed by atoms with van der Waals surface area (Å²) in [6.07, 6.45) is 0.666. The van der Waals surface area contributed by atoms with Crippen molar-refractivity contribution in [2.45, 2.75) is 25.0 Å². The number of hydrogen-bond donors (Lipinski definition) is 2. The Morgan fingerprint density at radius 1 is 1.59 bits per heavy atom. The second-order valence-corrected chi connectivity index (χ2v) is 5.88. The first-order valence-electron chi connectivity index (χ1n) is 5.40. The molecule has 1 fully saturated rings. The van der Waals surface area contributed by atoms with Gasteiger partial charge in [-0.25, -0.2) is 13.6 Å². The van der Waals surface area contributed by atoms with Gasteiger partial charge in [-0.3, -0.25) is 9.59 Å². The first kappa shape index (κ1) is 13.9. The van der Waals surface area contributed by atoms with E-state index in [1.54, 1.807) is 0 Å². The summed E-state index contributed by atoms with van der Waals surface area (Å²) in [7, 11) is -3.72. The molecule has 1 aliphatic rings. The summed E-state index contributed by atoms with van der Waals surface area (Å²) in [6.45, 7) is 2.35. The normalized spacial score (nSPS) is 20.7. The molecule has 17 heavy (non-hydrogen) atoms. The second kappa shape index (κ2) is 5.46. The highest BCUT2D eigenvalue weighted by atomic mass is 32.2. The molecule has 1 heterocycles. The number of amides is 2. The van der Waals surface area contributed by atoms with Gasteiger partial charge in [-0.15, -0.1) is 0 Å². The van der Waals surface area contributed by atoms with Gasteiger partial charge in [0, 0.05) is 19.5 Å². The number of primary sulfonamides is 1. The van der Waals surface area contributed by atoms with E-state index in [2.05, 4.69) is 5.32 Å². The van der Waals surface area contributed by atoms with E-state index in [-0.39, 0.29) is 31.3 Å². The van der Waals surface area contributed by atoms with Gasteiger partial charge in [0.1, 0.15) is 5.25 Å². The first-order chi connectivity index (χ1) is 7.84. The Hall–Kier alpha value is -1.15. The summed E-state index contributed by atoms with van der Waals surface area (Å²) in [5, 5.41) is 6.69. The van der Waals surface area contributed by atoms with Crippen molar-refractivity contribution in [3.05, 3.63) is 0 Å². The second-order valence-electron chi connectivity index (χ2n) is 4.04. The largest absolute Gasteiger partial charge is 0.355 e. The smallest absolute Gasteiger partial charge is 0.239 e. The van der Waals surface area contributed by atoms with Crippen LogP contribution in [-0.4, -0.2) is 50.0 Å².